The minimum atomic E-state index is -3.54. The van der Waals surface area contributed by atoms with Crippen LogP contribution in [0.25, 0.3) is 0 Å². The summed E-state index contributed by atoms with van der Waals surface area (Å²) in [5, 5.41) is 10.7. The molecule has 0 saturated carbocycles. The molecule has 0 aliphatic carbocycles. The van der Waals surface area contributed by atoms with E-state index in [4.69, 9.17) is 9.84 Å². The minimum absolute atomic E-state index is 0.0373. The molecule has 0 radical (unpaired) electrons. The number of hydrogen-bond donors (Lipinski definition) is 2. The topological polar surface area (TPSA) is 75.6 Å². The number of hydrogen-bond acceptors (Lipinski definition) is 5. The van der Waals surface area contributed by atoms with Crippen LogP contribution in [0, 0.1) is 0 Å². The van der Waals surface area contributed by atoms with Gasteiger partial charge < -0.3 is 9.84 Å². The summed E-state index contributed by atoms with van der Waals surface area (Å²) in [5.41, 5.74) is 0. The summed E-state index contributed by atoms with van der Waals surface area (Å²) >= 11 is 1.24. The highest BCUT2D eigenvalue weighted by molar-refractivity contribution is 7.89. The van der Waals surface area contributed by atoms with E-state index in [1.807, 2.05) is 0 Å². The molecule has 1 saturated heterocycles. The van der Waals surface area contributed by atoms with Gasteiger partial charge in [-0.25, -0.2) is 13.1 Å². The lowest BCUT2D eigenvalue weighted by atomic mass is 10.1. The van der Waals surface area contributed by atoms with Crippen molar-refractivity contribution in [3.05, 3.63) is 16.3 Å². The quantitative estimate of drug-likeness (QED) is 0.851. The maximum atomic E-state index is 12.0. The maximum Gasteiger partial charge on any atom is 0.241 e. The van der Waals surface area contributed by atoms with Crippen LogP contribution in [0.15, 0.2) is 16.3 Å². The van der Waals surface area contributed by atoms with Gasteiger partial charge in [0.2, 0.25) is 10.0 Å². The van der Waals surface area contributed by atoms with Crippen molar-refractivity contribution in [2.45, 2.75) is 36.9 Å². The van der Waals surface area contributed by atoms with Gasteiger partial charge in [0.1, 0.15) is 0 Å². The van der Waals surface area contributed by atoms with Gasteiger partial charge in [-0.1, -0.05) is 0 Å². The highest BCUT2D eigenvalue weighted by Gasteiger charge is 2.22. The molecule has 1 aromatic rings. The Balaban J connectivity index is 1.99. The number of thiophene rings is 1. The van der Waals surface area contributed by atoms with Crippen LogP contribution in [0.1, 0.15) is 24.1 Å². The van der Waals surface area contributed by atoms with E-state index in [1.54, 1.807) is 5.38 Å². The molecule has 1 fully saturated rings. The predicted octanol–water partition coefficient (Wildman–Crippen LogP) is 1.09. The van der Waals surface area contributed by atoms with Crippen molar-refractivity contribution >= 4 is 21.4 Å². The van der Waals surface area contributed by atoms with Crippen molar-refractivity contribution < 1.29 is 18.3 Å². The molecule has 0 amide bonds. The first kappa shape index (κ1) is 14.0. The average Bonchev–Trinajstić information content (AvgIpc) is 2.87. The highest BCUT2D eigenvalue weighted by atomic mass is 32.2. The van der Waals surface area contributed by atoms with Gasteiger partial charge in [-0.3, -0.25) is 0 Å². The van der Waals surface area contributed by atoms with Crippen molar-refractivity contribution in [3.8, 4) is 0 Å². The number of ether oxygens (including phenoxy) is 1. The van der Waals surface area contributed by atoms with Gasteiger partial charge in [0.25, 0.3) is 0 Å². The normalized spacial score (nSPS) is 21.1. The van der Waals surface area contributed by atoms with Crippen molar-refractivity contribution in [3.63, 3.8) is 0 Å². The summed E-state index contributed by atoms with van der Waals surface area (Å²) in [6.45, 7) is 0.740. The van der Waals surface area contributed by atoms with Crippen molar-refractivity contribution in [1.82, 2.24) is 4.72 Å². The van der Waals surface area contributed by atoms with Crippen molar-refractivity contribution in [2.75, 3.05) is 13.2 Å². The van der Waals surface area contributed by atoms with Crippen LogP contribution in [-0.4, -0.2) is 32.8 Å². The van der Waals surface area contributed by atoms with Crippen LogP contribution in [0.4, 0.5) is 0 Å². The second-order valence-corrected chi connectivity index (χ2v) is 6.94. The molecular weight excluding hydrogens is 274 g/mol. The molecule has 18 heavy (non-hydrogen) atoms. The molecule has 5 nitrogen and oxygen atoms in total. The Morgan fingerprint density at radius 3 is 3.00 bits per heavy atom. The second-order valence-electron chi connectivity index (χ2n) is 4.21. The third-order valence-corrected chi connectivity index (χ3v) is 5.46. The summed E-state index contributed by atoms with van der Waals surface area (Å²) in [5.74, 6) is 0. The number of aliphatic hydroxyl groups excluding tert-OH is 1. The molecule has 1 atom stereocenters. The Morgan fingerprint density at radius 2 is 2.33 bits per heavy atom. The van der Waals surface area contributed by atoms with E-state index in [0.29, 0.717) is 18.0 Å². The summed E-state index contributed by atoms with van der Waals surface area (Å²) in [6, 6.07) is 1.51. The van der Waals surface area contributed by atoms with Crippen LogP contribution in [0.2, 0.25) is 0 Å². The zero-order chi connectivity index (χ0) is 13.0. The Morgan fingerprint density at radius 1 is 1.50 bits per heavy atom. The van der Waals surface area contributed by atoms with Gasteiger partial charge in [0.05, 0.1) is 17.6 Å². The summed E-state index contributed by atoms with van der Waals surface area (Å²) in [6.07, 6.45) is 2.97. The van der Waals surface area contributed by atoms with E-state index in [-0.39, 0.29) is 17.6 Å². The number of aliphatic hydroxyl groups is 1. The fourth-order valence-corrected chi connectivity index (χ4v) is 4.29. The van der Waals surface area contributed by atoms with Gasteiger partial charge in [-0.2, -0.15) is 0 Å². The van der Waals surface area contributed by atoms with Gasteiger partial charge in [-0.05, 0) is 30.7 Å². The SMILES string of the molecule is O=S(=O)(NCC1CCCCO1)c1ccsc1CO. The van der Waals surface area contributed by atoms with E-state index in [0.717, 1.165) is 19.3 Å². The molecule has 1 aliphatic rings. The van der Waals surface area contributed by atoms with E-state index in [9.17, 15) is 8.42 Å². The lowest BCUT2D eigenvalue weighted by Gasteiger charge is -2.22. The second kappa shape index (κ2) is 6.12. The molecule has 0 bridgehead atoms. The molecule has 0 spiro atoms. The van der Waals surface area contributed by atoms with Gasteiger partial charge in [0.15, 0.2) is 0 Å². The zero-order valence-corrected chi connectivity index (χ0v) is 11.6. The first-order chi connectivity index (χ1) is 8.63. The van der Waals surface area contributed by atoms with Gasteiger partial charge >= 0.3 is 0 Å². The Kier molecular flexibility index (Phi) is 4.74. The van der Waals surface area contributed by atoms with Crippen molar-refractivity contribution in [1.29, 1.82) is 0 Å². The molecule has 0 aromatic carbocycles. The summed E-state index contributed by atoms with van der Waals surface area (Å²) < 4.78 is 32.1. The number of sulfonamides is 1. The minimum Gasteiger partial charge on any atom is -0.391 e. The van der Waals surface area contributed by atoms with Crippen LogP contribution in [0.3, 0.4) is 0 Å². The third kappa shape index (κ3) is 3.30. The van der Waals surface area contributed by atoms with Gasteiger partial charge in [0, 0.05) is 18.0 Å². The lowest BCUT2D eigenvalue weighted by molar-refractivity contribution is 0.0200. The number of nitrogens with one attached hydrogen (secondary N) is 1. The van der Waals surface area contributed by atoms with E-state index in [1.165, 1.54) is 17.4 Å². The molecule has 1 aliphatic heterocycles. The Hall–Kier alpha value is -0.470. The molecule has 2 rings (SSSR count). The highest BCUT2D eigenvalue weighted by Crippen LogP contribution is 2.22. The molecule has 2 heterocycles. The summed E-state index contributed by atoms with van der Waals surface area (Å²) in [4.78, 5) is 0.637. The first-order valence-electron chi connectivity index (χ1n) is 5.92. The molecule has 102 valence electrons. The first-order valence-corrected chi connectivity index (χ1v) is 8.28. The molecule has 7 heteroatoms. The largest absolute Gasteiger partial charge is 0.391 e. The molecular formula is C11H17NO4S2. The van der Waals surface area contributed by atoms with Crippen LogP contribution in [-0.2, 0) is 21.4 Å². The predicted molar refractivity (Wildman–Crippen MR) is 69.0 cm³/mol. The van der Waals surface area contributed by atoms with E-state index >= 15 is 0 Å². The van der Waals surface area contributed by atoms with Crippen LogP contribution in [0.5, 0.6) is 0 Å². The van der Waals surface area contributed by atoms with Crippen LogP contribution >= 0.6 is 11.3 Å². The molecule has 1 unspecified atom stereocenters. The standard InChI is InChI=1S/C11H17NO4S2/c13-8-10-11(4-6-17-10)18(14,15)12-7-9-3-1-2-5-16-9/h4,6,9,12-13H,1-3,5,7-8H2. The molecule has 2 N–H and O–H groups in total. The maximum absolute atomic E-state index is 12.0. The Labute approximate surface area is 111 Å². The fourth-order valence-electron chi connectivity index (χ4n) is 1.93. The van der Waals surface area contributed by atoms with Crippen molar-refractivity contribution in [2.24, 2.45) is 0 Å². The number of rotatable bonds is 5. The zero-order valence-electron chi connectivity index (χ0n) is 9.96. The third-order valence-electron chi connectivity index (χ3n) is 2.91. The van der Waals surface area contributed by atoms with Gasteiger partial charge in [-0.15, -0.1) is 11.3 Å². The smallest absolute Gasteiger partial charge is 0.241 e. The van der Waals surface area contributed by atoms with Crippen LogP contribution < -0.4 is 4.72 Å². The lowest BCUT2D eigenvalue weighted by Crippen LogP contribution is -2.35. The average molecular weight is 291 g/mol. The molecule has 1 aromatic heterocycles. The monoisotopic (exact) mass is 291 g/mol. The fraction of sp³-hybridized carbons (Fsp3) is 0.636. The Bertz CT molecular complexity index is 477. The van der Waals surface area contributed by atoms with E-state index in [2.05, 4.69) is 4.72 Å². The summed E-state index contributed by atoms with van der Waals surface area (Å²) in [7, 11) is -3.54. The van der Waals surface area contributed by atoms with E-state index < -0.39 is 10.0 Å².